The van der Waals surface area contributed by atoms with Crippen molar-refractivity contribution in [2.24, 2.45) is 0 Å². The summed E-state index contributed by atoms with van der Waals surface area (Å²) < 4.78 is 0. The highest BCUT2D eigenvalue weighted by Crippen LogP contribution is 2.42. The van der Waals surface area contributed by atoms with Gasteiger partial charge in [0, 0.05) is 11.4 Å². The number of carbonyl (C=O) groups is 2. The molecule has 0 heterocycles. The van der Waals surface area contributed by atoms with Crippen LogP contribution in [-0.4, -0.2) is 16.7 Å². The quantitative estimate of drug-likeness (QED) is 0.368. The van der Waals surface area contributed by atoms with Crippen molar-refractivity contribution in [1.29, 1.82) is 0 Å². The fourth-order valence-electron chi connectivity index (χ4n) is 2.50. The van der Waals surface area contributed by atoms with Gasteiger partial charge < -0.3 is 22.3 Å². The Balaban J connectivity index is 2.47. The first kappa shape index (κ1) is 13.3. The standard InChI is InChI=1S/C14H10ClN3O3/c15-4-3-6(17)9-11(12(4)18)14(21)8-5(16)1-2-7(19)10(8)13(9)20/h1-3,19H,16-18H2. The van der Waals surface area contributed by atoms with E-state index >= 15 is 0 Å². The topological polar surface area (TPSA) is 132 Å². The Bertz CT molecular complexity index is 846. The van der Waals surface area contributed by atoms with Crippen LogP contribution in [0.2, 0.25) is 5.02 Å². The van der Waals surface area contributed by atoms with Crippen molar-refractivity contribution in [3.05, 3.63) is 45.5 Å². The predicted molar refractivity (Wildman–Crippen MR) is 79.7 cm³/mol. The number of halogens is 1. The zero-order chi connectivity index (χ0) is 15.5. The third-order valence-corrected chi connectivity index (χ3v) is 3.78. The monoisotopic (exact) mass is 303 g/mol. The van der Waals surface area contributed by atoms with Crippen LogP contribution in [0.15, 0.2) is 18.2 Å². The lowest BCUT2D eigenvalue weighted by molar-refractivity contribution is 0.0978. The van der Waals surface area contributed by atoms with E-state index in [0.717, 1.165) is 0 Å². The van der Waals surface area contributed by atoms with Crippen molar-refractivity contribution < 1.29 is 14.7 Å². The largest absolute Gasteiger partial charge is 0.507 e. The van der Waals surface area contributed by atoms with Gasteiger partial charge in [-0.15, -0.1) is 0 Å². The van der Waals surface area contributed by atoms with Gasteiger partial charge in [-0.25, -0.2) is 0 Å². The molecule has 0 amide bonds. The molecule has 1 aliphatic rings. The third kappa shape index (κ3) is 1.59. The molecule has 1 aliphatic carbocycles. The lowest BCUT2D eigenvalue weighted by Gasteiger charge is -2.22. The highest BCUT2D eigenvalue weighted by atomic mass is 35.5. The van der Waals surface area contributed by atoms with Crippen LogP contribution in [0.25, 0.3) is 0 Å². The Kier molecular flexibility index (Phi) is 2.61. The average Bonchev–Trinajstić information content (AvgIpc) is 2.42. The molecule has 21 heavy (non-hydrogen) atoms. The van der Waals surface area contributed by atoms with Crippen LogP contribution in [0.4, 0.5) is 17.1 Å². The number of phenolic OH excluding ortho intramolecular Hbond substituents is 1. The van der Waals surface area contributed by atoms with Gasteiger partial charge in [-0.1, -0.05) is 11.6 Å². The smallest absolute Gasteiger partial charge is 0.200 e. The maximum Gasteiger partial charge on any atom is 0.200 e. The molecule has 0 saturated carbocycles. The van der Waals surface area contributed by atoms with Crippen LogP contribution < -0.4 is 17.2 Å². The van der Waals surface area contributed by atoms with E-state index in [2.05, 4.69) is 0 Å². The summed E-state index contributed by atoms with van der Waals surface area (Å²) in [5.41, 5.74) is 17.0. The Morgan fingerprint density at radius 1 is 0.857 bits per heavy atom. The van der Waals surface area contributed by atoms with E-state index in [1.54, 1.807) is 0 Å². The Hall–Kier alpha value is -2.73. The minimum absolute atomic E-state index is 0.0232. The fourth-order valence-corrected chi connectivity index (χ4v) is 2.71. The highest BCUT2D eigenvalue weighted by molar-refractivity contribution is 6.39. The zero-order valence-corrected chi connectivity index (χ0v) is 11.4. The second-order valence-electron chi connectivity index (χ2n) is 4.69. The minimum Gasteiger partial charge on any atom is -0.507 e. The second kappa shape index (κ2) is 4.13. The van der Waals surface area contributed by atoms with E-state index < -0.39 is 11.6 Å². The molecule has 0 bridgehead atoms. The SMILES string of the molecule is Nc1ccc(O)c2c1C(=O)c1c(N)c(Cl)cc(N)c1C2=O. The van der Waals surface area contributed by atoms with Crippen LogP contribution in [0.3, 0.4) is 0 Å². The van der Waals surface area contributed by atoms with Gasteiger partial charge >= 0.3 is 0 Å². The number of phenols is 1. The van der Waals surface area contributed by atoms with Crippen molar-refractivity contribution >= 4 is 40.2 Å². The second-order valence-corrected chi connectivity index (χ2v) is 5.10. The van der Waals surface area contributed by atoms with Gasteiger partial charge in [0.05, 0.1) is 33.0 Å². The number of hydrogen-bond donors (Lipinski definition) is 4. The first-order valence-corrected chi connectivity index (χ1v) is 6.30. The molecule has 6 nitrogen and oxygen atoms in total. The van der Waals surface area contributed by atoms with E-state index in [1.165, 1.54) is 18.2 Å². The number of nitrogen functional groups attached to an aromatic ring is 3. The number of rotatable bonds is 0. The molecule has 7 N–H and O–H groups in total. The molecule has 0 unspecified atom stereocenters. The number of hydrogen-bond acceptors (Lipinski definition) is 6. The molecule has 2 aromatic rings. The van der Waals surface area contributed by atoms with Crippen molar-refractivity contribution in [3.63, 3.8) is 0 Å². The molecule has 0 spiro atoms. The van der Waals surface area contributed by atoms with Crippen molar-refractivity contribution in [2.45, 2.75) is 0 Å². The van der Waals surface area contributed by atoms with E-state index in [4.69, 9.17) is 28.8 Å². The lowest BCUT2D eigenvalue weighted by atomic mass is 9.81. The number of anilines is 3. The average molecular weight is 304 g/mol. The van der Waals surface area contributed by atoms with Gasteiger partial charge in [0.2, 0.25) is 0 Å². The molecule has 7 heteroatoms. The molecule has 2 aromatic carbocycles. The number of benzene rings is 2. The Morgan fingerprint density at radius 3 is 2.10 bits per heavy atom. The van der Waals surface area contributed by atoms with Crippen molar-refractivity contribution in [1.82, 2.24) is 0 Å². The maximum atomic E-state index is 12.6. The summed E-state index contributed by atoms with van der Waals surface area (Å²) in [5.74, 6) is -1.53. The van der Waals surface area contributed by atoms with E-state index in [9.17, 15) is 14.7 Å². The van der Waals surface area contributed by atoms with E-state index in [-0.39, 0.29) is 50.1 Å². The van der Waals surface area contributed by atoms with Gasteiger partial charge in [-0.3, -0.25) is 9.59 Å². The summed E-state index contributed by atoms with van der Waals surface area (Å²) in [7, 11) is 0. The van der Waals surface area contributed by atoms with Crippen molar-refractivity contribution in [2.75, 3.05) is 17.2 Å². The number of carbonyl (C=O) groups excluding carboxylic acids is 2. The number of aromatic hydroxyl groups is 1. The molecule has 3 rings (SSSR count). The predicted octanol–water partition coefficient (Wildman–Crippen LogP) is 1.57. The molecule has 0 aromatic heterocycles. The summed E-state index contributed by atoms with van der Waals surface area (Å²) in [4.78, 5) is 25.2. The Morgan fingerprint density at radius 2 is 1.43 bits per heavy atom. The Labute approximate surface area is 124 Å². The summed E-state index contributed by atoms with van der Waals surface area (Å²) in [6.45, 7) is 0. The molecule has 0 atom stereocenters. The van der Waals surface area contributed by atoms with Gasteiger partial charge in [-0.2, -0.15) is 0 Å². The van der Waals surface area contributed by atoms with Crippen LogP contribution in [0, 0.1) is 0 Å². The number of fused-ring (bicyclic) bond motifs is 2. The van der Waals surface area contributed by atoms with Crippen LogP contribution in [-0.2, 0) is 0 Å². The van der Waals surface area contributed by atoms with Crippen molar-refractivity contribution in [3.8, 4) is 5.75 Å². The summed E-state index contributed by atoms with van der Waals surface area (Å²) in [5, 5.41) is 9.96. The minimum atomic E-state index is -0.606. The summed E-state index contributed by atoms with van der Waals surface area (Å²) >= 11 is 5.91. The molecule has 0 aliphatic heterocycles. The summed E-state index contributed by atoms with van der Waals surface area (Å²) in [6.07, 6.45) is 0. The fraction of sp³-hybridized carbons (Fsp3) is 0. The number of ketones is 2. The normalized spacial score (nSPS) is 13.0. The number of nitrogens with two attached hydrogens (primary N) is 3. The zero-order valence-electron chi connectivity index (χ0n) is 10.6. The van der Waals surface area contributed by atoms with Crippen LogP contribution >= 0.6 is 11.6 Å². The molecule has 0 saturated heterocycles. The van der Waals surface area contributed by atoms with Gasteiger partial charge in [-0.05, 0) is 18.2 Å². The first-order valence-electron chi connectivity index (χ1n) is 5.92. The molecule has 0 fully saturated rings. The first-order chi connectivity index (χ1) is 9.84. The lowest BCUT2D eigenvalue weighted by Crippen LogP contribution is -2.25. The maximum absolute atomic E-state index is 12.6. The summed E-state index contributed by atoms with van der Waals surface area (Å²) in [6, 6.07) is 3.89. The van der Waals surface area contributed by atoms with E-state index in [0.29, 0.717) is 0 Å². The highest BCUT2D eigenvalue weighted by Gasteiger charge is 2.37. The molecule has 106 valence electrons. The van der Waals surface area contributed by atoms with Crippen LogP contribution in [0.5, 0.6) is 5.75 Å². The van der Waals surface area contributed by atoms with Crippen LogP contribution in [0.1, 0.15) is 31.8 Å². The third-order valence-electron chi connectivity index (χ3n) is 3.47. The van der Waals surface area contributed by atoms with Gasteiger partial charge in [0.1, 0.15) is 5.75 Å². The van der Waals surface area contributed by atoms with E-state index in [1.807, 2.05) is 0 Å². The van der Waals surface area contributed by atoms with Gasteiger partial charge in [0.15, 0.2) is 11.6 Å². The van der Waals surface area contributed by atoms with Gasteiger partial charge in [0.25, 0.3) is 0 Å². The molecule has 0 radical (unpaired) electrons. The molecular weight excluding hydrogens is 294 g/mol. The molecular formula is C14H10ClN3O3.